The second-order valence-electron chi connectivity index (χ2n) is 4.99. The largest absolute Gasteiger partial charge is 0.365 e. The van der Waals surface area contributed by atoms with Crippen molar-refractivity contribution in [3.63, 3.8) is 0 Å². The van der Waals surface area contributed by atoms with Gasteiger partial charge in [-0.25, -0.2) is 9.97 Å². The maximum atomic E-state index is 4.74. The summed E-state index contributed by atoms with van der Waals surface area (Å²) in [6, 6.07) is 0. The molecule has 0 unspecified atom stereocenters. The lowest BCUT2D eigenvalue weighted by Gasteiger charge is -2.32. The first-order chi connectivity index (χ1) is 9.67. The molecule has 0 amide bonds. The highest BCUT2D eigenvalue weighted by Gasteiger charge is 2.20. The summed E-state index contributed by atoms with van der Waals surface area (Å²) in [4.78, 5) is 15.3. The quantitative estimate of drug-likeness (QED) is 0.943. The molecule has 0 atom stereocenters. The summed E-state index contributed by atoms with van der Waals surface area (Å²) < 4.78 is 0. The first-order valence-electron chi connectivity index (χ1n) is 6.72. The van der Waals surface area contributed by atoms with Crippen LogP contribution in [-0.4, -0.2) is 55.1 Å². The van der Waals surface area contributed by atoms with Crippen LogP contribution in [0.1, 0.15) is 5.69 Å². The Hall–Kier alpha value is -1.18. The zero-order valence-corrected chi connectivity index (χ0v) is 13.6. The zero-order chi connectivity index (χ0) is 14.1. The number of hydrogen-bond acceptors (Lipinski definition) is 7. The van der Waals surface area contributed by atoms with Gasteiger partial charge in [-0.15, -0.1) is 11.3 Å². The predicted molar refractivity (Wildman–Crippen MR) is 87.2 cm³/mol. The number of rotatable bonds is 3. The number of piperazine rings is 1. The standard InChI is InChI=1S/C13H19N5S2/c1-9-11(10-8-19-12(14-2)16-10)20-13(15-9)18-6-4-17(3)5-7-18/h8H,4-7H2,1-3H3,(H,14,16). The number of nitrogens with one attached hydrogen (secondary N) is 1. The third-order valence-corrected chi connectivity index (χ3v) is 5.61. The maximum absolute atomic E-state index is 4.74. The fourth-order valence-corrected chi connectivity index (χ4v) is 4.06. The fraction of sp³-hybridized carbons (Fsp3) is 0.538. The number of anilines is 2. The van der Waals surface area contributed by atoms with Gasteiger partial charge < -0.3 is 15.1 Å². The maximum Gasteiger partial charge on any atom is 0.186 e. The Morgan fingerprint density at radius 2 is 1.95 bits per heavy atom. The molecule has 0 aliphatic carbocycles. The number of hydrogen-bond donors (Lipinski definition) is 1. The smallest absolute Gasteiger partial charge is 0.186 e. The Morgan fingerprint density at radius 3 is 2.60 bits per heavy atom. The Labute approximate surface area is 127 Å². The first kappa shape index (κ1) is 13.8. The van der Waals surface area contributed by atoms with Gasteiger partial charge in [-0.1, -0.05) is 11.3 Å². The van der Waals surface area contributed by atoms with Gasteiger partial charge >= 0.3 is 0 Å². The molecule has 5 nitrogen and oxygen atoms in total. The molecule has 1 N–H and O–H groups in total. The molecule has 0 saturated carbocycles. The molecule has 0 radical (unpaired) electrons. The lowest BCUT2D eigenvalue weighted by Crippen LogP contribution is -2.44. The van der Waals surface area contributed by atoms with Gasteiger partial charge in [-0.2, -0.15) is 0 Å². The van der Waals surface area contributed by atoms with Crippen molar-refractivity contribution in [2.75, 3.05) is 50.5 Å². The van der Waals surface area contributed by atoms with Crippen molar-refractivity contribution in [2.45, 2.75) is 6.92 Å². The van der Waals surface area contributed by atoms with Crippen molar-refractivity contribution in [1.29, 1.82) is 0 Å². The van der Waals surface area contributed by atoms with Gasteiger partial charge in [0.1, 0.15) is 0 Å². The normalized spacial score (nSPS) is 16.6. The molecular formula is C13H19N5S2. The summed E-state index contributed by atoms with van der Waals surface area (Å²) in [5.74, 6) is 0. The van der Waals surface area contributed by atoms with E-state index in [2.05, 4.69) is 39.5 Å². The number of thiazole rings is 2. The molecule has 0 bridgehead atoms. The zero-order valence-electron chi connectivity index (χ0n) is 12.0. The molecule has 108 valence electrons. The van der Waals surface area contributed by atoms with Crippen LogP contribution in [0.15, 0.2) is 5.38 Å². The van der Waals surface area contributed by atoms with Crippen LogP contribution >= 0.6 is 22.7 Å². The third-order valence-electron chi connectivity index (χ3n) is 3.51. The van der Waals surface area contributed by atoms with Crippen molar-refractivity contribution in [2.24, 2.45) is 0 Å². The number of aromatic nitrogens is 2. The van der Waals surface area contributed by atoms with Crippen LogP contribution in [0.25, 0.3) is 10.6 Å². The summed E-state index contributed by atoms with van der Waals surface area (Å²) in [7, 11) is 4.07. The Bertz CT molecular complexity index is 583. The van der Waals surface area contributed by atoms with Crippen molar-refractivity contribution < 1.29 is 0 Å². The molecular weight excluding hydrogens is 290 g/mol. The lowest BCUT2D eigenvalue weighted by molar-refractivity contribution is 0.312. The molecule has 2 aromatic heterocycles. The molecule has 1 saturated heterocycles. The lowest BCUT2D eigenvalue weighted by atomic mass is 10.3. The highest BCUT2D eigenvalue weighted by atomic mass is 32.1. The van der Waals surface area contributed by atoms with E-state index in [0.29, 0.717) is 0 Å². The van der Waals surface area contributed by atoms with Crippen molar-refractivity contribution in [1.82, 2.24) is 14.9 Å². The minimum absolute atomic E-state index is 0.953. The molecule has 2 aromatic rings. The molecule has 3 rings (SSSR count). The average Bonchev–Trinajstić information content (AvgIpc) is 3.05. The highest BCUT2D eigenvalue weighted by Crippen LogP contribution is 2.36. The van der Waals surface area contributed by atoms with E-state index < -0.39 is 0 Å². The summed E-state index contributed by atoms with van der Waals surface area (Å²) in [5.41, 5.74) is 2.12. The Balaban J connectivity index is 1.83. The van der Waals surface area contributed by atoms with E-state index in [0.717, 1.165) is 47.8 Å². The Kier molecular flexibility index (Phi) is 3.91. The van der Waals surface area contributed by atoms with E-state index in [-0.39, 0.29) is 0 Å². The van der Waals surface area contributed by atoms with Gasteiger partial charge in [0.05, 0.1) is 16.3 Å². The third kappa shape index (κ3) is 2.65. The fourth-order valence-electron chi connectivity index (χ4n) is 2.25. The van der Waals surface area contributed by atoms with Crippen molar-refractivity contribution in [3.05, 3.63) is 11.1 Å². The van der Waals surface area contributed by atoms with E-state index in [9.17, 15) is 0 Å². The van der Waals surface area contributed by atoms with Crippen LogP contribution < -0.4 is 10.2 Å². The molecule has 1 aliphatic heterocycles. The van der Waals surface area contributed by atoms with Crippen molar-refractivity contribution in [3.8, 4) is 10.6 Å². The van der Waals surface area contributed by atoms with Gasteiger partial charge in [0, 0.05) is 38.6 Å². The van der Waals surface area contributed by atoms with Gasteiger partial charge in [0.2, 0.25) is 0 Å². The minimum Gasteiger partial charge on any atom is -0.365 e. The monoisotopic (exact) mass is 309 g/mol. The van der Waals surface area contributed by atoms with Crippen LogP contribution in [-0.2, 0) is 0 Å². The Morgan fingerprint density at radius 1 is 1.20 bits per heavy atom. The summed E-state index contributed by atoms with van der Waals surface area (Å²) in [5, 5.41) is 7.27. The van der Waals surface area contributed by atoms with Gasteiger partial charge in [-0.05, 0) is 14.0 Å². The minimum atomic E-state index is 0.953. The van der Waals surface area contributed by atoms with Crippen LogP contribution in [0, 0.1) is 6.92 Å². The van der Waals surface area contributed by atoms with E-state index in [4.69, 9.17) is 4.98 Å². The molecule has 20 heavy (non-hydrogen) atoms. The highest BCUT2D eigenvalue weighted by molar-refractivity contribution is 7.19. The number of nitrogens with zero attached hydrogens (tertiary/aromatic N) is 4. The molecule has 7 heteroatoms. The van der Waals surface area contributed by atoms with Crippen LogP contribution in [0.4, 0.5) is 10.3 Å². The van der Waals surface area contributed by atoms with E-state index in [1.165, 1.54) is 4.88 Å². The molecule has 0 spiro atoms. The first-order valence-corrected chi connectivity index (χ1v) is 8.41. The van der Waals surface area contributed by atoms with Gasteiger partial charge in [-0.3, -0.25) is 0 Å². The van der Waals surface area contributed by atoms with E-state index in [1.807, 2.05) is 7.05 Å². The number of aryl methyl sites for hydroxylation is 1. The van der Waals surface area contributed by atoms with Crippen molar-refractivity contribution >= 4 is 32.9 Å². The van der Waals surface area contributed by atoms with Crippen LogP contribution in [0.3, 0.4) is 0 Å². The van der Waals surface area contributed by atoms with Crippen LogP contribution in [0.5, 0.6) is 0 Å². The van der Waals surface area contributed by atoms with E-state index >= 15 is 0 Å². The summed E-state index contributed by atoms with van der Waals surface area (Å²) >= 11 is 3.39. The van der Waals surface area contributed by atoms with Gasteiger partial charge in [0.15, 0.2) is 10.3 Å². The molecule has 0 aromatic carbocycles. The second-order valence-corrected chi connectivity index (χ2v) is 6.82. The summed E-state index contributed by atoms with van der Waals surface area (Å²) in [6.45, 7) is 6.40. The molecule has 3 heterocycles. The van der Waals surface area contributed by atoms with Crippen LogP contribution in [0.2, 0.25) is 0 Å². The van der Waals surface area contributed by atoms with Gasteiger partial charge in [0.25, 0.3) is 0 Å². The summed E-state index contributed by atoms with van der Waals surface area (Å²) in [6.07, 6.45) is 0. The molecule has 1 aliphatic rings. The SMILES string of the molecule is CNc1nc(-c2sc(N3CCN(C)CC3)nc2C)cs1. The predicted octanol–water partition coefficient (Wildman–Crippen LogP) is 2.37. The molecule has 1 fully saturated rings. The second kappa shape index (κ2) is 5.67. The average molecular weight is 309 g/mol. The topological polar surface area (TPSA) is 44.3 Å². The van der Waals surface area contributed by atoms with E-state index in [1.54, 1.807) is 22.7 Å². The number of likely N-dealkylation sites (N-methyl/N-ethyl adjacent to an activating group) is 1.